The molecule has 0 amide bonds. The largest absolute Gasteiger partial charge is 0.448 e. The van der Waals surface area contributed by atoms with Gasteiger partial charge in [-0.25, -0.2) is 0 Å². The van der Waals surface area contributed by atoms with Gasteiger partial charge >= 0.3 is 7.48 Å². The maximum atomic E-state index is 8.87. The van der Waals surface area contributed by atoms with E-state index in [0.717, 1.165) is 0 Å². The fourth-order valence-corrected chi connectivity index (χ4v) is 0. The van der Waals surface area contributed by atoms with Gasteiger partial charge in [0.15, 0.2) is 0 Å². The van der Waals surface area contributed by atoms with Crippen LogP contribution in [0.25, 0.3) is 0 Å². The summed E-state index contributed by atoms with van der Waals surface area (Å²) in [5, 5.41) is 7.38. The molecule has 1 radical (unpaired) electrons. The highest BCUT2D eigenvalue weighted by Crippen LogP contribution is 1.20. The molecule has 0 aliphatic rings. The van der Waals surface area contributed by atoms with Gasteiger partial charge in [-0.2, -0.15) is 0 Å². The van der Waals surface area contributed by atoms with E-state index < -0.39 is 0 Å². The SMILES string of the molecule is O=C[B]O. The molecule has 0 bridgehead atoms. The predicted octanol–water partition coefficient (Wildman–Crippen LogP) is -1.21. The van der Waals surface area contributed by atoms with E-state index in [0.29, 0.717) is 13.7 Å². The van der Waals surface area contributed by atoms with E-state index in [2.05, 4.69) is 0 Å². The van der Waals surface area contributed by atoms with Crippen molar-refractivity contribution in [3.8, 4) is 0 Å². The normalized spacial score (nSPS) is 5.25. The Morgan fingerprint density at radius 2 is 2.25 bits per heavy atom. The molecule has 4 heavy (non-hydrogen) atoms. The van der Waals surface area contributed by atoms with Gasteiger partial charge in [0.05, 0.1) is 0 Å². The first-order valence-corrected chi connectivity index (χ1v) is 0.827. The summed E-state index contributed by atoms with van der Waals surface area (Å²) in [5.74, 6) is 0. The van der Waals surface area contributed by atoms with E-state index in [1.54, 1.807) is 0 Å². The molecular formula is CH2BO2. The molecule has 0 aliphatic heterocycles. The first kappa shape index (κ1) is 3.69. The van der Waals surface area contributed by atoms with Crippen LogP contribution in [0.3, 0.4) is 0 Å². The molecule has 0 atom stereocenters. The van der Waals surface area contributed by atoms with Crippen LogP contribution in [0.1, 0.15) is 0 Å². The highest BCUT2D eigenvalue weighted by Gasteiger charge is 1.64. The summed E-state index contributed by atoms with van der Waals surface area (Å²) in [4.78, 5) is 8.87. The topological polar surface area (TPSA) is 37.3 Å². The zero-order valence-corrected chi connectivity index (χ0v) is 2.01. The minimum Gasteiger partial charge on any atom is -0.448 e. The van der Waals surface area contributed by atoms with E-state index >= 15 is 0 Å². The van der Waals surface area contributed by atoms with Crippen LogP contribution in [-0.2, 0) is 4.79 Å². The van der Waals surface area contributed by atoms with Gasteiger partial charge in [0, 0.05) is 0 Å². The van der Waals surface area contributed by atoms with E-state index in [9.17, 15) is 0 Å². The van der Waals surface area contributed by atoms with Crippen LogP contribution in [0, 0.1) is 0 Å². The van der Waals surface area contributed by atoms with Gasteiger partial charge in [-0.3, -0.25) is 0 Å². The second-order valence-electron chi connectivity index (χ2n) is 0.285. The fourth-order valence-electron chi connectivity index (χ4n) is 0. The number of hydrogen-bond donors (Lipinski definition) is 1. The van der Waals surface area contributed by atoms with Crippen molar-refractivity contribution >= 4 is 13.7 Å². The van der Waals surface area contributed by atoms with Crippen LogP contribution < -0.4 is 0 Å². The molecule has 0 saturated carbocycles. The lowest BCUT2D eigenvalue weighted by molar-refractivity contribution is 0.554. The Bertz CT molecular complexity index is 20.0. The van der Waals surface area contributed by atoms with Gasteiger partial charge < -0.3 is 9.82 Å². The lowest BCUT2D eigenvalue weighted by Gasteiger charge is -1.47. The van der Waals surface area contributed by atoms with Crippen LogP contribution in [0.4, 0.5) is 0 Å². The van der Waals surface area contributed by atoms with Crippen LogP contribution in [0.2, 0.25) is 0 Å². The Morgan fingerprint density at radius 3 is 2.25 bits per heavy atom. The average Bonchev–Trinajstić information content (AvgIpc) is 1.37. The maximum absolute atomic E-state index is 8.87. The fraction of sp³-hybridized carbons (Fsp3) is 0. The second kappa shape index (κ2) is 2.69. The van der Waals surface area contributed by atoms with Crippen molar-refractivity contribution < 1.29 is 9.82 Å². The van der Waals surface area contributed by atoms with E-state index in [1.165, 1.54) is 0 Å². The smallest absolute Gasteiger partial charge is 0.368 e. The van der Waals surface area contributed by atoms with Crippen molar-refractivity contribution in [2.75, 3.05) is 0 Å². The molecular weight excluding hydrogens is 54.8 g/mol. The zero-order valence-electron chi connectivity index (χ0n) is 2.01. The summed E-state index contributed by atoms with van der Waals surface area (Å²) < 4.78 is 0. The summed E-state index contributed by atoms with van der Waals surface area (Å²) in [6.07, 6.45) is 0.306. The van der Waals surface area contributed by atoms with Crippen molar-refractivity contribution in [2.45, 2.75) is 0 Å². The molecule has 0 aromatic carbocycles. The Hall–Kier alpha value is -0.305. The van der Waals surface area contributed by atoms with Crippen LogP contribution in [-0.4, -0.2) is 18.7 Å². The van der Waals surface area contributed by atoms with Gasteiger partial charge in [-0.05, 0) is 0 Å². The van der Waals surface area contributed by atoms with Crippen LogP contribution >= 0.6 is 0 Å². The zero-order chi connectivity index (χ0) is 3.41. The third kappa shape index (κ3) is 1.69. The number of rotatable bonds is 1. The van der Waals surface area contributed by atoms with Gasteiger partial charge in [-0.15, -0.1) is 0 Å². The summed E-state index contributed by atoms with van der Waals surface area (Å²) in [6, 6.07) is 0. The molecule has 0 aromatic rings. The molecule has 21 valence electrons. The first-order valence-electron chi connectivity index (χ1n) is 0.827. The maximum Gasteiger partial charge on any atom is 0.368 e. The van der Waals surface area contributed by atoms with Crippen molar-refractivity contribution in [3.63, 3.8) is 0 Å². The molecule has 1 N–H and O–H groups in total. The highest BCUT2D eigenvalue weighted by molar-refractivity contribution is 6.59. The first-order chi connectivity index (χ1) is 1.91. The van der Waals surface area contributed by atoms with E-state index in [-0.39, 0.29) is 0 Å². The molecule has 0 aromatic heterocycles. The number of carbonyl (C=O) groups excluding carboxylic acids is 1. The Morgan fingerprint density at radius 1 is 2.00 bits per heavy atom. The molecule has 3 heteroatoms. The molecule has 0 heterocycles. The molecule has 2 nitrogen and oxygen atoms in total. The number of hydrogen-bond acceptors (Lipinski definition) is 2. The molecule has 0 spiro atoms. The van der Waals surface area contributed by atoms with E-state index in [1.807, 2.05) is 0 Å². The third-order valence-electron chi connectivity index (χ3n) is 0.0609. The lowest BCUT2D eigenvalue weighted by atomic mass is 10.1. The average molecular weight is 56.8 g/mol. The van der Waals surface area contributed by atoms with Gasteiger partial charge in [-0.1, -0.05) is 0 Å². The minimum atomic E-state index is 0.306. The number of carbonyl (C=O) groups is 1. The highest BCUT2D eigenvalue weighted by atomic mass is 16.2. The van der Waals surface area contributed by atoms with Crippen molar-refractivity contribution in [3.05, 3.63) is 0 Å². The van der Waals surface area contributed by atoms with Gasteiger partial charge in [0.2, 0.25) is 0 Å². The monoisotopic (exact) mass is 57.0 g/mol. The molecule has 0 unspecified atom stereocenters. The van der Waals surface area contributed by atoms with E-state index in [4.69, 9.17) is 9.82 Å². The predicted molar refractivity (Wildman–Crippen MR) is 14.7 cm³/mol. The van der Waals surface area contributed by atoms with Crippen molar-refractivity contribution in [1.29, 1.82) is 0 Å². The van der Waals surface area contributed by atoms with Crippen molar-refractivity contribution in [1.82, 2.24) is 0 Å². The van der Waals surface area contributed by atoms with Crippen LogP contribution in [0.5, 0.6) is 0 Å². The summed E-state index contributed by atoms with van der Waals surface area (Å²) in [7, 11) is 0.444. The molecule has 0 fully saturated rings. The molecule has 0 saturated heterocycles. The van der Waals surface area contributed by atoms with Crippen LogP contribution in [0.15, 0.2) is 0 Å². The van der Waals surface area contributed by atoms with Gasteiger partial charge in [0.1, 0.15) is 6.19 Å². The lowest BCUT2D eigenvalue weighted by Crippen LogP contribution is -1.83. The minimum absolute atomic E-state index is 0.306. The van der Waals surface area contributed by atoms with Gasteiger partial charge in [0.25, 0.3) is 0 Å². The summed E-state index contributed by atoms with van der Waals surface area (Å²) in [6.45, 7) is 0. The van der Waals surface area contributed by atoms with Crippen molar-refractivity contribution in [2.24, 2.45) is 0 Å². The Labute approximate surface area is 24.7 Å². The quantitative estimate of drug-likeness (QED) is 0.302. The Kier molecular flexibility index (Phi) is 2.49. The molecule has 0 aliphatic carbocycles. The third-order valence-corrected chi connectivity index (χ3v) is 0.0609. The second-order valence-corrected chi connectivity index (χ2v) is 0.285. The Balaban J connectivity index is 2.30. The standard InChI is InChI=1S/CH2BO2/c3-1-2-4/h1,4H. The summed E-state index contributed by atoms with van der Waals surface area (Å²) >= 11 is 0. The molecule has 0 rings (SSSR count). The summed E-state index contributed by atoms with van der Waals surface area (Å²) in [5.41, 5.74) is 0.